The van der Waals surface area contributed by atoms with Crippen LogP contribution in [0, 0.1) is 22.2 Å². The van der Waals surface area contributed by atoms with Crippen LogP contribution in [0.1, 0.15) is 53.9 Å². The normalized spacial score (nSPS) is 35.0. The SMILES string of the molecule is CC(C)(C)[Si](C)(C)OC[C@]1(C)[C@@H](O)CC[C@]1(C)CC#N. The first kappa shape index (κ1) is 17.7. The summed E-state index contributed by atoms with van der Waals surface area (Å²) in [5.74, 6) is 0. The highest BCUT2D eigenvalue weighted by molar-refractivity contribution is 6.74. The Kier molecular flexibility index (Phi) is 4.81. The highest BCUT2D eigenvalue weighted by Crippen LogP contribution is 2.55. The Hall–Kier alpha value is -0.373. The van der Waals surface area contributed by atoms with E-state index in [1.807, 2.05) is 0 Å². The first-order valence-electron chi connectivity index (χ1n) is 7.59. The first-order chi connectivity index (χ1) is 8.90. The van der Waals surface area contributed by atoms with Crippen LogP contribution in [0.25, 0.3) is 0 Å². The Balaban J connectivity index is 2.91. The summed E-state index contributed by atoms with van der Waals surface area (Å²) in [6.07, 6.45) is 1.79. The molecule has 0 saturated heterocycles. The molecular weight excluding hydrogens is 266 g/mol. The van der Waals surface area contributed by atoms with Gasteiger partial charge in [-0.25, -0.2) is 0 Å². The maximum absolute atomic E-state index is 10.4. The van der Waals surface area contributed by atoms with Gasteiger partial charge in [0.05, 0.1) is 12.2 Å². The van der Waals surface area contributed by atoms with Crippen molar-refractivity contribution in [2.45, 2.75) is 78.1 Å². The molecule has 0 heterocycles. The van der Waals surface area contributed by atoms with Gasteiger partial charge in [0.2, 0.25) is 0 Å². The smallest absolute Gasteiger partial charge is 0.192 e. The Labute approximate surface area is 125 Å². The lowest BCUT2D eigenvalue weighted by Gasteiger charge is -2.45. The number of nitrogens with zero attached hydrogens (tertiary/aromatic N) is 1. The fourth-order valence-electron chi connectivity index (χ4n) is 2.74. The van der Waals surface area contributed by atoms with E-state index in [2.05, 4.69) is 53.8 Å². The van der Waals surface area contributed by atoms with E-state index in [9.17, 15) is 5.11 Å². The highest BCUT2D eigenvalue weighted by Gasteiger charge is 2.55. The maximum Gasteiger partial charge on any atom is 0.192 e. The molecule has 0 bridgehead atoms. The Bertz CT molecular complexity index is 396. The minimum absolute atomic E-state index is 0.149. The molecule has 3 atom stereocenters. The summed E-state index contributed by atoms with van der Waals surface area (Å²) in [4.78, 5) is 0. The fourth-order valence-corrected chi connectivity index (χ4v) is 3.84. The second kappa shape index (κ2) is 5.44. The van der Waals surface area contributed by atoms with Gasteiger partial charge >= 0.3 is 0 Å². The standard InChI is InChI=1S/C16H31NO2Si/c1-14(2,3)20(6,7)19-12-16(5)13(18)8-9-15(16,4)10-11-17/h13,18H,8-10,12H2,1-7H3/t13-,15+,16+/m0/s1. The number of aliphatic hydroxyl groups is 1. The molecule has 0 aliphatic heterocycles. The summed E-state index contributed by atoms with van der Waals surface area (Å²) in [5, 5.41) is 19.7. The maximum atomic E-state index is 10.4. The number of hydrogen-bond donors (Lipinski definition) is 1. The van der Waals surface area contributed by atoms with Gasteiger partial charge in [-0.2, -0.15) is 5.26 Å². The van der Waals surface area contributed by atoms with Crippen molar-refractivity contribution in [2.24, 2.45) is 10.8 Å². The molecule has 4 heteroatoms. The molecule has 0 aromatic heterocycles. The lowest BCUT2D eigenvalue weighted by molar-refractivity contribution is -0.0394. The van der Waals surface area contributed by atoms with Gasteiger partial charge < -0.3 is 9.53 Å². The van der Waals surface area contributed by atoms with Crippen LogP contribution in [0.15, 0.2) is 0 Å². The van der Waals surface area contributed by atoms with Crippen LogP contribution in [0.2, 0.25) is 18.1 Å². The van der Waals surface area contributed by atoms with Gasteiger partial charge in [0, 0.05) is 18.4 Å². The molecule has 1 aliphatic carbocycles. The molecule has 0 amide bonds. The molecule has 0 aromatic carbocycles. The van der Waals surface area contributed by atoms with Crippen molar-refractivity contribution in [3.8, 4) is 6.07 Å². The van der Waals surface area contributed by atoms with Crippen LogP contribution in [-0.4, -0.2) is 26.1 Å². The molecule has 1 aliphatic rings. The summed E-state index contributed by atoms with van der Waals surface area (Å²) in [6.45, 7) is 15.9. The van der Waals surface area contributed by atoms with E-state index in [-0.39, 0.29) is 22.0 Å². The van der Waals surface area contributed by atoms with Crippen molar-refractivity contribution < 1.29 is 9.53 Å². The number of rotatable bonds is 4. The second-order valence-electron chi connectivity index (χ2n) is 8.42. The van der Waals surface area contributed by atoms with E-state index >= 15 is 0 Å². The summed E-state index contributed by atoms with van der Waals surface area (Å²) in [6, 6.07) is 2.30. The third-order valence-electron chi connectivity index (χ3n) is 6.09. The number of aliphatic hydroxyl groups excluding tert-OH is 1. The van der Waals surface area contributed by atoms with Gasteiger partial charge in [-0.05, 0) is 36.4 Å². The third kappa shape index (κ3) is 2.95. The predicted octanol–water partition coefficient (Wildman–Crippen LogP) is 4.09. The Morgan fingerprint density at radius 3 is 2.35 bits per heavy atom. The van der Waals surface area contributed by atoms with Crippen molar-refractivity contribution in [2.75, 3.05) is 6.61 Å². The quantitative estimate of drug-likeness (QED) is 0.795. The number of hydrogen-bond acceptors (Lipinski definition) is 3. The molecule has 0 aromatic rings. The predicted molar refractivity (Wildman–Crippen MR) is 84.8 cm³/mol. The summed E-state index contributed by atoms with van der Waals surface area (Å²) in [7, 11) is -1.83. The zero-order chi connectivity index (χ0) is 15.8. The monoisotopic (exact) mass is 297 g/mol. The van der Waals surface area contributed by atoms with Gasteiger partial charge in [0.1, 0.15) is 0 Å². The average Bonchev–Trinajstić information content (AvgIpc) is 2.51. The van der Waals surface area contributed by atoms with Crippen molar-refractivity contribution in [1.29, 1.82) is 5.26 Å². The molecule has 1 saturated carbocycles. The van der Waals surface area contributed by atoms with E-state index in [0.717, 1.165) is 12.8 Å². The van der Waals surface area contributed by atoms with E-state index < -0.39 is 8.32 Å². The fraction of sp³-hybridized carbons (Fsp3) is 0.938. The van der Waals surface area contributed by atoms with Crippen LogP contribution in [0.3, 0.4) is 0 Å². The van der Waals surface area contributed by atoms with E-state index in [0.29, 0.717) is 13.0 Å². The van der Waals surface area contributed by atoms with Gasteiger partial charge in [0.15, 0.2) is 8.32 Å². The van der Waals surface area contributed by atoms with Crippen molar-refractivity contribution in [3.05, 3.63) is 0 Å². The zero-order valence-electron chi connectivity index (χ0n) is 14.2. The number of nitriles is 1. The molecule has 3 nitrogen and oxygen atoms in total. The van der Waals surface area contributed by atoms with Gasteiger partial charge in [-0.3, -0.25) is 0 Å². The van der Waals surface area contributed by atoms with Crippen molar-refractivity contribution >= 4 is 8.32 Å². The molecule has 1 fully saturated rings. The van der Waals surface area contributed by atoms with Gasteiger partial charge in [-0.1, -0.05) is 34.6 Å². The molecule has 0 radical (unpaired) electrons. The molecule has 20 heavy (non-hydrogen) atoms. The van der Waals surface area contributed by atoms with Crippen molar-refractivity contribution in [3.63, 3.8) is 0 Å². The highest BCUT2D eigenvalue weighted by atomic mass is 28.4. The van der Waals surface area contributed by atoms with Crippen molar-refractivity contribution in [1.82, 2.24) is 0 Å². The zero-order valence-corrected chi connectivity index (χ0v) is 15.2. The van der Waals surface area contributed by atoms with E-state index in [1.165, 1.54) is 0 Å². The van der Waals surface area contributed by atoms with Gasteiger partial charge in [0.25, 0.3) is 0 Å². The van der Waals surface area contributed by atoms with E-state index in [4.69, 9.17) is 9.69 Å². The molecular formula is C16H31NO2Si. The van der Waals surface area contributed by atoms with Crippen LogP contribution in [0.4, 0.5) is 0 Å². The van der Waals surface area contributed by atoms with Crippen LogP contribution in [0.5, 0.6) is 0 Å². The average molecular weight is 298 g/mol. The Morgan fingerprint density at radius 1 is 1.35 bits per heavy atom. The lowest BCUT2D eigenvalue weighted by atomic mass is 9.66. The van der Waals surface area contributed by atoms with Crippen LogP contribution in [-0.2, 0) is 4.43 Å². The first-order valence-corrected chi connectivity index (χ1v) is 10.5. The molecule has 0 unspecified atom stereocenters. The molecule has 1 N–H and O–H groups in total. The van der Waals surface area contributed by atoms with E-state index in [1.54, 1.807) is 0 Å². The summed E-state index contributed by atoms with van der Waals surface area (Å²) >= 11 is 0. The molecule has 116 valence electrons. The summed E-state index contributed by atoms with van der Waals surface area (Å²) < 4.78 is 6.36. The van der Waals surface area contributed by atoms with Crippen LogP contribution >= 0.6 is 0 Å². The second-order valence-corrected chi connectivity index (χ2v) is 13.2. The summed E-state index contributed by atoms with van der Waals surface area (Å²) in [5.41, 5.74) is -0.470. The Morgan fingerprint density at radius 2 is 1.90 bits per heavy atom. The largest absolute Gasteiger partial charge is 0.416 e. The topological polar surface area (TPSA) is 53.2 Å². The van der Waals surface area contributed by atoms with Crippen LogP contribution < -0.4 is 0 Å². The third-order valence-corrected chi connectivity index (χ3v) is 10.6. The lowest BCUT2D eigenvalue weighted by Crippen LogP contribution is -2.49. The minimum atomic E-state index is -1.83. The minimum Gasteiger partial charge on any atom is -0.416 e. The molecule has 1 rings (SSSR count). The molecule has 0 spiro atoms. The van der Waals surface area contributed by atoms with Gasteiger partial charge in [-0.15, -0.1) is 0 Å².